The van der Waals surface area contributed by atoms with Crippen LogP contribution in [0.2, 0.25) is 0 Å². The monoisotopic (exact) mass is 320 g/mol. The van der Waals surface area contributed by atoms with E-state index in [0.717, 1.165) is 5.75 Å². The SMILES string of the molecule is CC(C)Oc1ccc(-c2nnc3sc(=S)[nH]n3c2=O)cc1. The van der Waals surface area contributed by atoms with E-state index in [2.05, 4.69) is 15.3 Å². The molecule has 21 heavy (non-hydrogen) atoms. The van der Waals surface area contributed by atoms with Gasteiger partial charge in [-0.2, -0.15) is 4.52 Å². The van der Waals surface area contributed by atoms with Crippen LogP contribution in [0.25, 0.3) is 16.2 Å². The Morgan fingerprint density at radius 1 is 1.29 bits per heavy atom. The third-order valence-corrected chi connectivity index (χ3v) is 3.78. The van der Waals surface area contributed by atoms with Gasteiger partial charge in [0.2, 0.25) is 4.96 Å². The summed E-state index contributed by atoms with van der Waals surface area (Å²) in [6.07, 6.45) is 0.100. The summed E-state index contributed by atoms with van der Waals surface area (Å²) in [7, 11) is 0. The first-order valence-corrected chi connectivity index (χ1v) is 7.53. The number of rotatable bonds is 3. The molecule has 3 rings (SSSR count). The molecule has 108 valence electrons. The molecule has 0 fully saturated rings. The fourth-order valence-electron chi connectivity index (χ4n) is 1.88. The molecule has 8 heteroatoms. The van der Waals surface area contributed by atoms with Crippen LogP contribution < -0.4 is 10.3 Å². The highest BCUT2D eigenvalue weighted by Crippen LogP contribution is 2.19. The molecule has 2 heterocycles. The first kappa shape index (κ1) is 13.9. The second-order valence-electron chi connectivity index (χ2n) is 4.66. The van der Waals surface area contributed by atoms with Crippen molar-refractivity contribution >= 4 is 28.5 Å². The molecule has 0 spiro atoms. The van der Waals surface area contributed by atoms with Gasteiger partial charge >= 0.3 is 0 Å². The van der Waals surface area contributed by atoms with Gasteiger partial charge in [0.25, 0.3) is 5.56 Å². The van der Waals surface area contributed by atoms with E-state index < -0.39 is 0 Å². The Hall–Kier alpha value is -2.06. The maximum Gasteiger partial charge on any atom is 0.300 e. The van der Waals surface area contributed by atoms with E-state index in [1.165, 1.54) is 15.9 Å². The molecule has 1 aromatic carbocycles. The number of benzene rings is 1. The van der Waals surface area contributed by atoms with Crippen LogP contribution in [0, 0.1) is 3.95 Å². The number of nitrogens with zero attached hydrogens (tertiary/aromatic N) is 3. The van der Waals surface area contributed by atoms with Crippen LogP contribution in [0.4, 0.5) is 0 Å². The fraction of sp³-hybridized carbons (Fsp3) is 0.231. The Balaban J connectivity index is 2.06. The molecule has 0 bridgehead atoms. The zero-order valence-corrected chi connectivity index (χ0v) is 13.0. The van der Waals surface area contributed by atoms with Crippen molar-refractivity contribution in [1.82, 2.24) is 19.8 Å². The van der Waals surface area contributed by atoms with Crippen molar-refractivity contribution in [1.29, 1.82) is 0 Å². The Bertz CT molecular complexity index is 893. The molecule has 0 atom stereocenters. The summed E-state index contributed by atoms with van der Waals surface area (Å²) in [6, 6.07) is 7.19. The summed E-state index contributed by atoms with van der Waals surface area (Å²) >= 11 is 6.22. The standard InChI is InChI=1S/C13H12N4O2S2/c1-7(2)19-9-5-3-8(4-6-9)10-11(18)17-12(15-14-10)21-13(20)16-17/h3-7H,1-2H3,(H,16,20). The van der Waals surface area contributed by atoms with Gasteiger partial charge in [0.05, 0.1) is 6.10 Å². The van der Waals surface area contributed by atoms with E-state index in [0.29, 0.717) is 14.5 Å². The van der Waals surface area contributed by atoms with Crippen molar-refractivity contribution in [3.8, 4) is 17.0 Å². The second kappa shape index (κ2) is 5.38. The molecular weight excluding hydrogens is 308 g/mol. The molecule has 6 nitrogen and oxygen atoms in total. The first-order valence-electron chi connectivity index (χ1n) is 6.30. The van der Waals surface area contributed by atoms with Crippen molar-refractivity contribution in [2.75, 3.05) is 0 Å². The number of aromatic amines is 1. The molecule has 1 N–H and O–H groups in total. The topological polar surface area (TPSA) is 72.3 Å². The lowest BCUT2D eigenvalue weighted by Crippen LogP contribution is -2.18. The van der Waals surface area contributed by atoms with E-state index in [4.69, 9.17) is 17.0 Å². The minimum Gasteiger partial charge on any atom is -0.491 e. The van der Waals surface area contributed by atoms with Crippen molar-refractivity contribution in [3.05, 3.63) is 38.6 Å². The van der Waals surface area contributed by atoms with Crippen molar-refractivity contribution in [2.24, 2.45) is 0 Å². The summed E-state index contributed by atoms with van der Waals surface area (Å²) in [5, 5.41) is 10.8. The number of aromatic nitrogens is 4. The van der Waals surface area contributed by atoms with Gasteiger partial charge in [-0.05, 0) is 50.3 Å². The second-order valence-corrected chi connectivity index (χ2v) is 6.31. The van der Waals surface area contributed by atoms with E-state index in [9.17, 15) is 4.79 Å². The van der Waals surface area contributed by atoms with Crippen LogP contribution in [0.1, 0.15) is 13.8 Å². The molecule has 0 aliphatic carbocycles. The lowest BCUT2D eigenvalue weighted by atomic mass is 10.1. The van der Waals surface area contributed by atoms with Crippen molar-refractivity contribution < 1.29 is 4.74 Å². The highest BCUT2D eigenvalue weighted by molar-refractivity contribution is 7.73. The zero-order chi connectivity index (χ0) is 15.0. The van der Waals surface area contributed by atoms with Gasteiger partial charge in [-0.1, -0.05) is 11.3 Å². The number of hydrogen-bond acceptors (Lipinski definition) is 6. The molecule has 0 amide bonds. The number of hydrogen-bond donors (Lipinski definition) is 1. The van der Waals surface area contributed by atoms with Crippen LogP contribution in [0.5, 0.6) is 5.75 Å². The molecular formula is C13H12N4O2S2. The summed E-state index contributed by atoms with van der Waals surface area (Å²) in [6.45, 7) is 3.91. The largest absolute Gasteiger partial charge is 0.491 e. The predicted octanol–water partition coefficient (Wildman–Crippen LogP) is 2.66. The van der Waals surface area contributed by atoms with Gasteiger partial charge in [0.1, 0.15) is 5.75 Å². The highest BCUT2D eigenvalue weighted by Gasteiger charge is 2.11. The summed E-state index contributed by atoms with van der Waals surface area (Å²) < 4.78 is 7.37. The van der Waals surface area contributed by atoms with Gasteiger partial charge in [0.15, 0.2) is 9.65 Å². The highest BCUT2D eigenvalue weighted by atomic mass is 32.1. The Morgan fingerprint density at radius 3 is 2.67 bits per heavy atom. The van der Waals surface area contributed by atoms with Crippen LogP contribution in [-0.2, 0) is 0 Å². The van der Waals surface area contributed by atoms with Crippen molar-refractivity contribution in [3.63, 3.8) is 0 Å². The minimum atomic E-state index is -0.273. The Morgan fingerprint density at radius 2 is 2.00 bits per heavy atom. The molecule has 0 aliphatic rings. The van der Waals surface area contributed by atoms with Gasteiger partial charge in [-0.25, -0.2) is 0 Å². The lowest BCUT2D eigenvalue weighted by molar-refractivity contribution is 0.242. The average Bonchev–Trinajstić information content (AvgIpc) is 2.81. The summed E-state index contributed by atoms with van der Waals surface area (Å²) in [5.41, 5.74) is 0.682. The number of ether oxygens (including phenoxy) is 1. The minimum absolute atomic E-state index is 0.100. The van der Waals surface area contributed by atoms with E-state index in [1.807, 2.05) is 13.8 Å². The summed E-state index contributed by atoms with van der Waals surface area (Å²) in [4.78, 5) is 12.8. The first-order chi connectivity index (χ1) is 10.0. The van der Waals surface area contributed by atoms with Gasteiger partial charge in [-0.15, -0.1) is 10.2 Å². The predicted molar refractivity (Wildman–Crippen MR) is 83.5 cm³/mol. The molecule has 0 unspecified atom stereocenters. The van der Waals surface area contributed by atoms with Gasteiger partial charge in [0, 0.05) is 5.56 Å². The summed E-state index contributed by atoms with van der Waals surface area (Å²) in [5.74, 6) is 0.748. The van der Waals surface area contributed by atoms with Crippen LogP contribution in [-0.4, -0.2) is 25.9 Å². The number of H-pyrrole nitrogens is 1. The number of fused-ring (bicyclic) bond motifs is 1. The Labute approximate surface area is 129 Å². The van der Waals surface area contributed by atoms with Crippen LogP contribution in [0.15, 0.2) is 29.1 Å². The molecule has 2 aromatic heterocycles. The average molecular weight is 320 g/mol. The molecule has 0 radical (unpaired) electrons. The van der Waals surface area contributed by atoms with Crippen LogP contribution >= 0.6 is 23.6 Å². The van der Waals surface area contributed by atoms with Crippen LogP contribution in [0.3, 0.4) is 0 Å². The smallest absolute Gasteiger partial charge is 0.300 e. The lowest BCUT2D eigenvalue weighted by Gasteiger charge is -2.09. The fourth-order valence-corrected chi connectivity index (χ4v) is 2.80. The number of nitrogens with one attached hydrogen (secondary N) is 1. The third-order valence-electron chi connectivity index (χ3n) is 2.72. The Kier molecular flexibility index (Phi) is 3.56. The van der Waals surface area contributed by atoms with E-state index in [-0.39, 0.29) is 17.4 Å². The molecule has 0 saturated heterocycles. The molecule has 0 aliphatic heterocycles. The van der Waals surface area contributed by atoms with E-state index in [1.54, 1.807) is 24.3 Å². The maximum absolute atomic E-state index is 12.4. The van der Waals surface area contributed by atoms with E-state index >= 15 is 0 Å². The molecule has 3 aromatic rings. The zero-order valence-electron chi connectivity index (χ0n) is 11.4. The van der Waals surface area contributed by atoms with Crippen molar-refractivity contribution in [2.45, 2.75) is 20.0 Å². The maximum atomic E-state index is 12.4. The molecule has 0 saturated carbocycles. The quantitative estimate of drug-likeness (QED) is 0.751. The normalized spacial score (nSPS) is 11.2. The third kappa shape index (κ3) is 2.72. The van der Waals surface area contributed by atoms with Gasteiger partial charge in [-0.3, -0.25) is 9.89 Å². The van der Waals surface area contributed by atoms with Gasteiger partial charge < -0.3 is 4.74 Å².